The Morgan fingerprint density at radius 3 is 2.58 bits per heavy atom. The Balaban J connectivity index is 1.71. The van der Waals surface area contributed by atoms with E-state index in [0.29, 0.717) is 23.5 Å². The molecule has 0 spiro atoms. The maximum absolute atomic E-state index is 13.4. The first-order valence-electron chi connectivity index (χ1n) is 12.5. The Bertz CT molecular complexity index is 1450. The molecule has 1 aromatic carbocycles. The summed E-state index contributed by atoms with van der Waals surface area (Å²) >= 11 is 0. The van der Waals surface area contributed by atoms with Gasteiger partial charge in [0.2, 0.25) is 0 Å². The molecule has 0 saturated carbocycles. The Morgan fingerprint density at radius 2 is 1.94 bits per heavy atom. The number of hydrogen-bond acceptors (Lipinski definition) is 5. The lowest BCUT2D eigenvalue weighted by molar-refractivity contribution is 0.0635. The van der Waals surface area contributed by atoms with E-state index in [1.165, 1.54) is 4.57 Å². The molecule has 4 rings (SSSR count). The number of anilines is 1. The second-order valence-electron chi connectivity index (χ2n) is 9.78. The van der Waals surface area contributed by atoms with Crippen molar-refractivity contribution < 1.29 is 9.59 Å². The van der Waals surface area contributed by atoms with Crippen LogP contribution in [0.1, 0.15) is 84.8 Å². The summed E-state index contributed by atoms with van der Waals surface area (Å²) in [6.45, 7) is 10.6. The monoisotopic (exact) mass is 491 g/mol. The second-order valence-corrected chi connectivity index (χ2v) is 9.78. The minimum atomic E-state index is -0.652. The molecule has 1 fully saturated rings. The fraction of sp³-hybridized carbons (Fsp3) is 0.444. The number of benzene rings is 1. The van der Waals surface area contributed by atoms with Crippen LogP contribution in [0.15, 0.2) is 33.9 Å². The van der Waals surface area contributed by atoms with Gasteiger partial charge >= 0.3 is 5.69 Å². The van der Waals surface area contributed by atoms with Crippen molar-refractivity contribution in [3.63, 3.8) is 0 Å². The maximum Gasteiger partial charge on any atom is 0.329 e. The quantitative estimate of drug-likeness (QED) is 0.563. The molecule has 1 unspecified atom stereocenters. The molecule has 3 aromatic rings. The highest BCUT2D eigenvalue weighted by molar-refractivity contribution is 6.12. The number of hydrogen-bond donors (Lipinski definition) is 2. The van der Waals surface area contributed by atoms with Crippen molar-refractivity contribution >= 4 is 28.5 Å². The van der Waals surface area contributed by atoms with Crippen LogP contribution in [0, 0.1) is 6.92 Å². The summed E-state index contributed by atoms with van der Waals surface area (Å²) in [6, 6.07) is 7.03. The zero-order valence-electron chi connectivity index (χ0n) is 21.5. The van der Waals surface area contributed by atoms with Gasteiger partial charge in [-0.25, -0.2) is 9.78 Å². The standard InChI is InChI=1S/C27H33N5O4/c1-6-31-23-22(25(34)30-27(31)36)19(14-21(28-23)15(2)3)24(33)29-20-11-10-18(13-16(20)4)26(35)32-12-8-7-9-17(32)5/h10-11,13-15,17H,6-9,12H2,1-5H3,(H,29,33)(H,30,34,36). The van der Waals surface area contributed by atoms with E-state index in [4.69, 9.17) is 0 Å². The summed E-state index contributed by atoms with van der Waals surface area (Å²) in [7, 11) is 0. The summed E-state index contributed by atoms with van der Waals surface area (Å²) in [4.78, 5) is 60.3. The second kappa shape index (κ2) is 10.1. The molecule has 9 nitrogen and oxygen atoms in total. The third-order valence-corrected chi connectivity index (χ3v) is 6.91. The number of nitrogens with one attached hydrogen (secondary N) is 2. The van der Waals surface area contributed by atoms with Gasteiger partial charge in [-0.15, -0.1) is 0 Å². The number of piperidine rings is 1. The molecule has 1 aliphatic heterocycles. The maximum atomic E-state index is 13.4. The first kappa shape index (κ1) is 25.3. The lowest BCUT2D eigenvalue weighted by Crippen LogP contribution is -2.42. The molecule has 2 N–H and O–H groups in total. The van der Waals surface area contributed by atoms with E-state index in [2.05, 4.69) is 22.2 Å². The third-order valence-electron chi connectivity index (χ3n) is 6.91. The summed E-state index contributed by atoms with van der Waals surface area (Å²) in [5.74, 6) is -0.512. The number of H-pyrrole nitrogens is 1. The van der Waals surface area contributed by atoms with Crippen LogP contribution in [0.2, 0.25) is 0 Å². The van der Waals surface area contributed by atoms with Gasteiger partial charge in [0.1, 0.15) is 0 Å². The van der Waals surface area contributed by atoms with Crippen LogP contribution in [0.25, 0.3) is 11.0 Å². The molecule has 0 aliphatic carbocycles. The average molecular weight is 492 g/mol. The molecule has 0 radical (unpaired) electrons. The van der Waals surface area contributed by atoms with Crippen LogP contribution >= 0.6 is 0 Å². The van der Waals surface area contributed by atoms with Crippen molar-refractivity contribution in [1.82, 2.24) is 19.4 Å². The van der Waals surface area contributed by atoms with Gasteiger partial charge in [0, 0.05) is 36.1 Å². The van der Waals surface area contributed by atoms with E-state index in [9.17, 15) is 19.2 Å². The zero-order chi connectivity index (χ0) is 26.1. The lowest BCUT2D eigenvalue weighted by Gasteiger charge is -2.33. The molecule has 0 bridgehead atoms. The molecular formula is C27H33N5O4. The molecule has 1 aliphatic rings. The molecular weight excluding hydrogens is 458 g/mol. The third kappa shape index (κ3) is 4.69. The van der Waals surface area contributed by atoms with Gasteiger partial charge in [0.15, 0.2) is 5.65 Å². The van der Waals surface area contributed by atoms with Crippen molar-refractivity contribution in [3.05, 3.63) is 67.5 Å². The Labute approximate surface area is 209 Å². The van der Waals surface area contributed by atoms with Crippen molar-refractivity contribution in [1.29, 1.82) is 0 Å². The number of aryl methyl sites for hydroxylation is 2. The van der Waals surface area contributed by atoms with Gasteiger partial charge in [-0.1, -0.05) is 13.8 Å². The molecule has 3 heterocycles. The highest BCUT2D eigenvalue weighted by atomic mass is 16.2. The smallest absolute Gasteiger partial charge is 0.329 e. The van der Waals surface area contributed by atoms with E-state index >= 15 is 0 Å². The van der Waals surface area contributed by atoms with Crippen molar-refractivity contribution in [3.8, 4) is 0 Å². The summed E-state index contributed by atoms with van der Waals surface area (Å²) in [6.07, 6.45) is 3.14. The minimum Gasteiger partial charge on any atom is -0.336 e. The topological polar surface area (TPSA) is 117 Å². The van der Waals surface area contributed by atoms with E-state index < -0.39 is 17.2 Å². The first-order chi connectivity index (χ1) is 17.1. The van der Waals surface area contributed by atoms with Crippen LogP contribution in [0.4, 0.5) is 5.69 Å². The number of carbonyl (C=O) groups is 2. The number of likely N-dealkylation sites (tertiary alicyclic amines) is 1. The fourth-order valence-corrected chi connectivity index (χ4v) is 4.75. The number of rotatable bonds is 5. The van der Waals surface area contributed by atoms with Gasteiger partial charge in [-0.05, 0) is 75.8 Å². The van der Waals surface area contributed by atoms with E-state index in [1.807, 2.05) is 25.7 Å². The van der Waals surface area contributed by atoms with Crippen LogP contribution in [-0.4, -0.2) is 43.8 Å². The summed E-state index contributed by atoms with van der Waals surface area (Å²) in [5.41, 5.74) is 1.59. The predicted octanol–water partition coefficient (Wildman–Crippen LogP) is 3.80. The SMILES string of the molecule is CCn1c(=O)[nH]c(=O)c2c(C(=O)Nc3ccc(C(=O)N4CCCCC4C)cc3C)cc(C(C)C)nc21. The highest BCUT2D eigenvalue weighted by Gasteiger charge is 2.25. The minimum absolute atomic E-state index is 0.00560. The van der Waals surface area contributed by atoms with Crippen molar-refractivity contribution in [2.24, 2.45) is 0 Å². The van der Waals surface area contributed by atoms with E-state index in [-0.39, 0.29) is 34.5 Å². The highest BCUT2D eigenvalue weighted by Crippen LogP contribution is 2.24. The van der Waals surface area contributed by atoms with Crippen molar-refractivity contribution in [2.75, 3.05) is 11.9 Å². The molecule has 1 atom stereocenters. The van der Waals surface area contributed by atoms with Gasteiger partial charge in [0.25, 0.3) is 17.4 Å². The van der Waals surface area contributed by atoms with Crippen LogP contribution in [0.3, 0.4) is 0 Å². The molecule has 190 valence electrons. The average Bonchev–Trinajstić information content (AvgIpc) is 2.84. The molecule has 2 aromatic heterocycles. The van der Waals surface area contributed by atoms with Crippen LogP contribution in [0.5, 0.6) is 0 Å². The number of amides is 2. The van der Waals surface area contributed by atoms with Crippen LogP contribution in [-0.2, 0) is 6.54 Å². The number of nitrogens with zero attached hydrogens (tertiary/aromatic N) is 3. The number of aromatic amines is 1. The lowest BCUT2D eigenvalue weighted by atomic mass is 10.0. The van der Waals surface area contributed by atoms with Gasteiger partial charge in [0.05, 0.1) is 10.9 Å². The molecule has 1 saturated heterocycles. The normalized spacial score (nSPS) is 15.9. The summed E-state index contributed by atoms with van der Waals surface area (Å²) in [5, 5.41) is 2.96. The fourth-order valence-electron chi connectivity index (χ4n) is 4.75. The van der Waals surface area contributed by atoms with E-state index in [0.717, 1.165) is 31.4 Å². The van der Waals surface area contributed by atoms with Crippen molar-refractivity contribution in [2.45, 2.75) is 72.4 Å². The van der Waals surface area contributed by atoms with Gasteiger partial charge in [-0.3, -0.25) is 23.9 Å². The number of pyridine rings is 1. The number of fused-ring (bicyclic) bond motifs is 1. The largest absolute Gasteiger partial charge is 0.336 e. The first-order valence-corrected chi connectivity index (χ1v) is 12.5. The Hall–Kier alpha value is -3.75. The van der Waals surface area contributed by atoms with Crippen LogP contribution < -0.4 is 16.6 Å². The molecule has 9 heteroatoms. The number of aromatic nitrogens is 3. The van der Waals surface area contributed by atoms with Gasteiger partial charge in [-0.2, -0.15) is 0 Å². The predicted molar refractivity (Wildman–Crippen MR) is 140 cm³/mol. The van der Waals surface area contributed by atoms with Gasteiger partial charge < -0.3 is 10.2 Å². The number of carbonyl (C=O) groups excluding carboxylic acids is 2. The Kier molecular flexibility index (Phi) is 7.10. The Morgan fingerprint density at radius 1 is 1.19 bits per heavy atom. The summed E-state index contributed by atoms with van der Waals surface area (Å²) < 4.78 is 1.35. The zero-order valence-corrected chi connectivity index (χ0v) is 21.5. The molecule has 2 amide bonds. The molecule has 36 heavy (non-hydrogen) atoms. The van der Waals surface area contributed by atoms with E-state index in [1.54, 1.807) is 31.2 Å².